The van der Waals surface area contributed by atoms with Crippen LogP contribution in [-0.4, -0.2) is 4.98 Å². The van der Waals surface area contributed by atoms with Crippen LogP contribution in [0.25, 0.3) is 10.2 Å². The fourth-order valence-electron chi connectivity index (χ4n) is 1.45. The van der Waals surface area contributed by atoms with Gasteiger partial charge in [0.05, 0.1) is 15.9 Å². The molecule has 0 spiro atoms. The molecule has 81 valence electrons. The first-order chi connectivity index (χ1) is 8.42. The normalized spacial score (nSPS) is 11.3. The van der Waals surface area contributed by atoms with Crippen molar-refractivity contribution in [2.45, 2.75) is 0 Å². The van der Waals surface area contributed by atoms with E-state index in [1.54, 1.807) is 0 Å². The summed E-state index contributed by atoms with van der Waals surface area (Å²) in [4.78, 5) is 4.37. The molecule has 0 atom stereocenters. The lowest BCUT2D eigenvalue weighted by atomic mass is 10.3. The van der Waals surface area contributed by atoms with E-state index in [1.165, 1.54) is 11.3 Å². The summed E-state index contributed by atoms with van der Waals surface area (Å²) in [5.41, 5.74) is 1.68. The van der Waals surface area contributed by atoms with E-state index in [0.29, 0.717) is 10.8 Å². The van der Waals surface area contributed by atoms with Crippen molar-refractivity contribution >= 4 is 32.4 Å². The quantitative estimate of drug-likeness (QED) is 0.605. The topological polar surface area (TPSA) is 37.6 Å². The second-order valence-electron chi connectivity index (χ2n) is 3.41. The number of nitrogens with zero attached hydrogens (tertiary/aromatic N) is 3. The number of benzene rings is 2. The maximum Gasteiger partial charge on any atom is 0.231 e. The summed E-state index contributed by atoms with van der Waals surface area (Å²) in [6, 6.07) is 18.4. The minimum atomic E-state index is 0.670. The van der Waals surface area contributed by atoms with Gasteiger partial charge in [-0.25, -0.2) is 4.98 Å². The maximum atomic E-state index is 4.37. The molecule has 0 unspecified atom stereocenters. The molecule has 0 saturated carbocycles. The van der Waals surface area contributed by atoms with E-state index in [4.69, 9.17) is 0 Å². The number of hydrogen-bond donors (Lipinski definition) is 0. The second kappa shape index (κ2) is 4.43. The molecule has 3 nitrogen and oxygen atoms in total. The smallest absolute Gasteiger partial charge is 0.217 e. The lowest BCUT2D eigenvalue weighted by Gasteiger charge is -1.86. The van der Waals surface area contributed by atoms with Gasteiger partial charge in [-0.15, -0.1) is 10.2 Å². The highest BCUT2D eigenvalue weighted by Crippen LogP contribution is 2.28. The Kier molecular flexibility index (Phi) is 2.63. The molecule has 0 fully saturated rings. The van der Waals surface area contributed by atoms with E-state index < -0.39 is 0 Å². The van der Waals surface area contributed by atoms with E-state index in [9.17, 15) is 0 Å². The van der Waals surface area contributed by atoms with Crippen LogP contribution >= 0.6 is 11.3 Å². The largest absolute Gasteiger partial charge is 0.231 e. The van der Waals surface area contributed by atoms with Gasteiger partial charge in [0.15, 0.2) is 0 Å². The Morgan fingerprint density at radius 2 is 1.88 bits per heavy atom. The van der Waals surface area contributed by atoms with Gasteiger partial charge >= 0.3 is 0 Å². The number of fused-ring (bicyclic) bond motifs is 1. The Labute approximate surface area is 102 Å². The summed E-state index contributed by atoms with van der Waals surface area (Å²) < 4.78 is 1.12. The summed E-state index contributed by atoms with van der Waals surface area (Å²) in [7, 11) is 0. The fourth-order valence-corrected chi connectivity index (χ4v) is 2.23. The minimum Gasteiger partial charge on any atom is -0.217 e. The standard InChI is InChI=1S/C13H8N3S/c1-2-6-10(7-3-1)15-16-13-14-11-8-4-5-9-12(11)17-13/h1-6,8-9H/b16-15+. The van der Waals surface area contributed by atoms with E-state index in [-0.39, 0.29) is 0 Å². The third-order valence-corrected chi connectivity index (χ3v) is 3.14. The van der Waals surface area contributed by atoms with Crippen LogP contribution in [-0.2, 0) is 0 Å². The van der Waals surface area contributed by atoms with Crippen molar-refractivity contribution < 1.29 is 0 Å². The van der Waals surface area contributed by atoms with Crippen LogP contribution in [0.1, 0.15) is 0 Å². The van der Waals surface area contributed by atoms with E-state index >= 15 is 0 Å². The van der Waals surface area contributed by atoms with Crippen LogP contribution in [0.2, 0.25) is 0 Å². The van der Waals surface area contributed by atoms with Crippen molar-refractivity contribution in [3.8, 4) is 0 Å². The monoisotopic (exact) mass is 238 g/mol. The van der Waals surface area contributed by atoms with Crippen molar-refractivity contribution in [1.82, 2.24) is 4.98 Å². The van der Waals surface area contributed by atoms with Gasteiger partial charge in [-0.1, -0.05) is 41.7 Å². The van der Waals surface area contributed by atoms with Crippen molar-refractivity contribution in [2.24, 2.45) is 10.2 Å². The van der Waals surface area contributed by atoms with E-state index in [2.05, 4.69) is 21.3 Å². The van der Waals surface area contributed by atoms with Gasteiger partial charge in [0, 0.05) is 6.07 Å². The van der Waals surface area contributed by atoms with E-state index in [0.717, 1.165) is 10.2 Å². The molecule has 0 amide bonds. The summed E-state index contributed by atoms with van der Waals surface area (Å²) in [6.07, 6.45) is 0. The lowest BCUT2D eigenvalue weighted by molar-refractivity contribution is 1.21. The van der Waals surface area contributed by atoms with Crippen molar-refractivity contribution in [3.05, 3.63) is 54.6 Å². The molecule has 0 saturated heterocycles. The number of aromatic nitrogens is 1. The zero-order valence-electron chi connectivity index (χ0n) is 8.87. The average molecular weight is 238 g/mol. The number of rotatable bonds is 2. The molecule has 1 radical (unpaired) electrons. The summed E-state index contributed by atoms with van der Waals surface area (Å²) >= 11 is 1.53. The summed E-state index contributed by atoms with van der Waals surface area (Å²) in [5, 5.41) is 8.87. The first kappa shape index (κ1) is 10.1. The van der Waals surface area contributed by atoms with Crippen LogP contribution in [0.15, 0.2) is 58.8 Å². The van der Waals surface area contributed by atoms with Crippen LogP contribution in [0.3, 0.4) is 0 Å². The maximum absolute atomic E-state index is 4.37. The van der Waals surface area contributed by atoms with Crippen molar-refractivity contribution in [1.29, 1.82) is 0 Å². The highest BCUT2D eigenvalue weighted by atomic mass is 32.1. The molecule has 0 bridgehead atoms. The van der Waals surface area contributed by atoms with Gasteiger partial charge < -0.3 is 0 Å². The van der Waals surface area contributed by atoms with Gasteiger partial charge in [0.2, 0.25) is 5.13 Å². The van der Waals surface area contributed by atoms with Crippen molar-refractivity contribution in [3.63, 3.8) is 0 Å². The van der Waals surface area contributed by atoms with Crippen LogP contribution < -0.4 is 0 Å². The highest BCUT2D eigenvalue weighted by Gasteiger charge is 2.00. The number of thiazole rings is 1. The molecule has 4 heteroatoms. The Hall–Kier alpha value is -2.07. The van der Waals surface area contributed by atoms with E-state index in [1.807, 2.05) is 48.5 Å². The van der Waals surface area contributed by atoms with Gasteiger partial charge in [0.25, 0.3) is 0 Å². The Morgan fingerprint density at radius 1 is 1.00 bits per heavy atom. The first-order valence-electron chi connectivity index (χ1n) is 5.16. The second-order valence-corrected chi connectivity index (χ2v) is 4.42. The fraction of sp³-hybridized carbons (Fsp3) is 0. The zero-order chi connectivity index (χ0) is 11.5. The lowest BCUT2D eigenvalue weighted by Crippen LogP contribution is -1.64. The summed E-state index contributed by atoms with van der Waals surface area (Å²) in [5.74, 6) is 0. The zero-order valence-corrected chi connectivity index (χ0v) is 9.69. The number of para-hydroxylation sites is 1. The SMILES string of the molecule is [c]1ccccc1/N=N/c1nc2ccccc2s1. The highest BCUT2D eigenvalue weighted by molar-refractivity contribution is 7.21. The van der Waals surface area contributed by atoms with Crippen LogP contribution in [0.4, 0.5) is 10.8 Å². The Bertz CT molecular complexity index is 625. The molecule has 1 aromatic heterocycles. The molecule has 0 aliphatic carbocycles. The van der Waals surface area contributed by atoms with Gasteiger partial charge in [0.1, 0.15) is 0 Å². The van der Waals surface area contributed by atoms with Gasteiger partial charge in [-0.05, 0) is 18.2 Å². The van der Waals surface area contributed by atoms with Crippen LogP contribution in [0.5, 0.6) is 0 Å². The Balaban J connectivity index is 1.92. The third-order valence-electron chi connectivity index (χ3n) is 2.22. The molecule has 1 heterocycles. The molecular weight excluding hydrogens is 230 g/mol. The predicted molar refractivity (Wildman–Crippen MR) is 69.1 cm³/mol. The Morgan fingerprint density at radius 3 is 2.71 bits per heavy atom. The molecule has 3 rings (SSSR count). The first-order valence-corrected chi connectivity index (χ1v) is 5.97. The summed E-state index contributed by atoms with van der Waals surface area (Å²) in [6.45, 7) is 0. The number of hydrogen-bond acceptors (Lipinski definition) is 4. The molecule has 0 aliphatic heterocycles. The van der Waals surface area contributed by atoms with Crippen molar-refractivity contribution in [2.75, 3.05) is 0 Å². The molecule has 0 aliphatic rings. The molecule has 2 aromatic carbocycles. The molecule has 17 heavy (non-hydrogen) atoms. The average Bonchev–Trinajstić information content (AvgIpc) is 2.80. The van der Waals surface area contributed by atoms with Crippen LogP contribution in [0, 0.1) is 6.07 Å². The van der Waals surface area contributed by atoms with Gasteiger partial charge in [-0.2, -0.15) is 0 Å². The minimum absolute atomic E-state index is 0.670. The number of azo groups is 1. The molecule has 3 aromatic rings. The van der Waals surface area contributed by atoms with Gasteiger partial charge in [-0.3, -0.25) is 0 Å². The molecule has 0 N–H and O–H groups in total. The molecular formula is C13H8N3S. The predicted octanol–water partition coefficient (Wildman–Crippen LogP) is 4.51. The third kappa shape index (κ3) is 2.21.